The molecule has 4 nitrogen and oxygen atoms in total. The van der Waals surface area contributed by atoms with Gasteiger partial charge in [0.1, 0.15) is 5.75 Å². The average molecular weight is 393 g/mol. The number of rotatable bonds is 4. The minimum absolute atomic E-state index is 0.0643. The van der Waals surface area contributed by atoms with Gasteiger partial charge in [0.05, 0.1) is 11.3 Å². The minimum Gasteiger partial charge on any atom is -0.506 e. The number of phenolic OH excluding ortho intramolecular Hbond substituents is 1. The van der Waals surface area contributed by atoms with E-state index in [4.69, 9.17) is 0 Å². The van der Waals surface area contributed by atoms with Crippen LogP contribution in [-0.4, -0.2) is 29.0 Å². The molecule has 1 aliphatic rings. The lowest BCUT2D eigenvalue weighted by Crippen LogP contribution is -2.37. The van der Waals surface area contributed by atoms with Crippen LogP contribution in [0.4, 0.5) is 5.69 Å². The Kier molecular flexibility index (Phi) is 5.44. The molecular formula is C23H24N2O2S. The van der Waals surface area contributed by atoms with Crippen LogP contribution < -0.4 is 4.72 Å². The summed E-state index contributed by atoms with van der Waals surface area (Å²) < 4.78 is 3.36. The number of phenols is 1. The zero-order chi connectivity index (χ0) is 19.5. The number of amides is 1. The van der Waals surface area contributed by atoms with Gasteiger partial charge in [0.15, 0.2) is 0 Å². The fourth-order valence-electron chi connectivity index (χ4n) is 3.59. The molecule has 1 aliphatic heterocycles. The molecule has 1 heterocycles. The molecule has 4 rings (SSSR count). The van der Waals surface area contributed by atoms with Gasteiger partial charge < -0.3 is 14.7 Å². The van der Waals surface area contributed by atoms with Gasteiger partial charge in [-0.2, -0.15) is 0 Å². The summed E-state index contributed by atoms with van der Waals surface area (Å²) in [5, 5.41) is 12.4. The topological polar surface area (TPSA) is 52.6 Å². The van der Waals surface area contributed by atoms with Crippen LogP contribution in [0, 0.1) is 5.92 Å². The Morgan fingerprint density at radius 1 is 1.00 bits per heavy atom. The van der Waals surface area contributed by atoms with Crippen molar-refractivity contribution in [3.63, 3.8) is 0 Å². The smallest absolute Gasteiger partial charge is 0.257 e. The predicted molar refractivity (Wildman–Crippen MR) is 116 cm³/mol. The summed E-state index contributed by atoms with van der Waals surface area (Å²) in [7, 11) is 0. The molecule has 0 radical (unpaired) electrons. The molecular weight excluding hydrogens is 368 g/mol. The Hall–Kier alpha value is -2.66. The Bertz CT molecular complexity index is 983. The van der Waals surface area contributed by atoms with Crippen molar-refractivity contribution in [2.75, 3.05) is 17.8 Å². The van der Waals surface area contributed by atoms with Crippen LogP contribution in [0.3, 0.4) is 0 Å². The van der Waals surface area contributed by atoms with Gasteiger partial charge in [0.25, 0.3) is 5.91 Å². The number of hydrogen-bond acceptors (Lipinski definition) is 4. The molecule has 0 saturated carbocycles. The summed E-state index contributed by atoms with van der Waals surface area (Å²) in [5.41, 5.74) is 1.29. The van der Waals surface area contributed by atoms with Crippen molar-refractivity contribution < 1.29 is 9.90 Å². The molecule has 1 fully saturated rings. The lowest BCUT2D eigenvalue weighted by atomic mass is 9.97. The Morgan fingerprint density at radius 2 is 1.75 bits per heavy atom. The van der Waals surface area contributed by atoms with E-state index in [1.54, 1.807) is 6.07 Å². The van der Waals surface area contributed by atoms with E-state index < -0.39 is 0 Å². The lowest BCUT2D eigenvalue weighted by molar-refractivity contribution is 0.0694. The van der Waals surface area contributed by atoms with E-state index in [0.29, 0.717) is 16.9 Å². The van der Waals surface area contributed by atoms with Gasteiger partial charge in [-0.05, 0) is 55.0 Å². The number of nitrogens with zero attached hydrogens (tertiary/aromatic N) is 1. The first-order chi connectivity index (χ1) is 13.6. The number of likely N-dealkylation sites (tertiary alicyclic amines) is 1. The third kappa shape index (κ3) is 3.80. The van der Waals surface area contributed by atoms with Gasteiger partial charge in [0.2, 0.25) is 0 Å². The second kappa shape index (κ2) is 8.15. The molecule has 0 aliphatic carbocycles. The van der Waals surface area contributed by atoms with Crippen LogP contribution in [0.5, 0.6) is 5.75 Å². The lowest BCUT2D eigenvalue weighted by Gasteiger charge is -2.30. The molecule has 1 amide bonds. The summed E-state index contributed by atoms with van der Waals surface area (Å²) in [4.78, 5) is 15.9. The minimum atomic E-state index is -0.0803. The normalized spacial score (nSPS) is 15.0. The number of fused-ring (bicyclic) bond motifs is 1. The molecule has 3 aromatic rings. The molecule has 3 aromatic carbocycles. The number of carbonyl (C=O) groups excluding carboxylic acids is 1. The molecule has 0 atom stereocenters. The molecule has 0 unspecified atom stereocenters. The largest absolute Gasteiger partial charge is 0.506 e. The van der Waals surface area contributed by atoms with Gasteiger partial charge in [-0.25, -0.2) is 0 Å². The van der Waals surface area contributed by atoms with Gasteiger partial charge in [-0.3, -0.25) is 4.79 Å². The van der Waals surface area contributed by atoms with Crippen LogP contribution in [0.25, 0.3) is 10.8 Å². The van der Waals surface area contributed by atoms with Gasteiger partial charge in [0, 0.05) is 28.8 Å². The van der Waals surface area contributed by atoms with Crippen molar-refractivity contribution in [2.24, 2.45) is 5.92 Å². The Balaban J connectivity index is 1.60. The highest BCUT2D eigenvalue weighted by atomic mass is 32.2. The average Bonchev–Trinajstić information content (AvgIpc) is 2.73. The molecule has 28 heavy (non-hydrogen) atoms. The first-order valence-electron chi connectivity index (χ1n) is 9.65. The van der Waals surface area contributed by atoms with Crippen molar-refractivity contribution in [3.8, 4) is 5.75 Å². The molecule has 2 N–H and O–H groups in total. The standard InChI is InChI=1S/C23H24N2O2S/c1-16-12-14-25(15-13-16)23(27)20-11-10-18-19(22(20)26)8-5-9-21(18)24-28-17-6-3-2-4-7-17/h2-11,16,24,26H,12-15H2,1H3. The molecule has 0 aromatic heterocycles. The maximum absolute atomic E-state index is 12.9. The monoisotopic (exact) mass is 392 g/mol. The number of piperidine rings is 1. The summed E-state index contributed by atoms with van der Waals surface area (Å²) in [6.45, 7) is 3.73. The fraction of sp³-hybridized carbons (Fsp3) is 0.261. The van der Waals surface area contributed by atoms with Crippen molar-refractivity contribution in [1.82, 2.24) is 4.90 Å². The Labute approximate surface area is 169 Å². The van der Waals surface area contributed by atoms with E-state index in [-0.39, 0.29) is 11.7 Å². The van der Waals surface area contributed by atoms with Crippen molar-refractivity contribution in [1.29, 1.82) is 0 Å². The highest BCUT2D eigenvalue weighted by molar-refractivity contribution is 8.00. The number of anilines is 1. The fourth-order valence-corrected chi connectivity index (χ4v) is 4.29. The number of carbonyl (C=O) groups is 1. The summed E-state index contributed by atoms with van der Waals surface area (Å²) >= 11 is 1.52. The van der Waals surface area contributed by atoms with E-state index in [1.807, 2.05) is 59.5 Å². The van der Waals surface area contributed by atoms with Crippen molar-refractivity contribution in [3.05, 3.63) is 66.2 Å². The van der Waals surface area contributed by atoms with E-state index in [0.717, 1.165) is 41.9 Å². The van der Waals surface area contributed by atoms with Gasteiger partial charge >= 0.3 is 0 Å². The zero-order valence-electron chi connectivity index (χ0n) is 15.9. The second-order valence-corrected chi connectivity index (χ2v) is 8.23. The van der Waals surface area contributed by atoms with Crippen molar-refractivity contribution >= 4 is 34.3 Å². The second-order valence-electron chi connectivity index (χ2n) is 7.35. The molecule has 0 bridgehead atoms. The number of aromatic hydroxyl groups is 1. The van der Waals surface area contributed by atoms with Crippen LogP contribution in [0.1, 0.15) is 30.1 Å². The predicted octanol–water partition coefficient (Wildman–Crippen LogP) is 5.54. The molecule has 1 saturated heterocycles. The summed E-state index contributed by atoms with van der Waals surface area (Å²) in [6, 6.07) is 19.5. The molecule has 144 valence electrons. The summed E-state index contributed by atoms with van der Waals surface area (Å²) in [5.74, 6) is 0.641. The first-order valence-corrected chi connectivity index (χ1v) is 10.5. The van der Waals surface area contributed by atoms with E-state index in [1.165, 1.54) is 11.9 Å². The van der Waals surface area contributed by atoms with Crippen LogP contribution in [0.15, 0.2) is 65.6 Å². The Morgan fingerprint density at radius 3 is 2.50 bits per heavy atom. The van der Waals surface area contributed by atoms with Crippen molar-refractivity contribution in [2.45, 2.75) is 24.7 Å². The first kappa shape index (κ1) is 18.7. The molecule has 0 spiro atoms. The van der Waals surface area contributed by atoms with Gasteiger partial charge in [-0.15, -0.1) is 0 Å². The quantitative estimate of drug-likeness (QED) is 0.573. The van der Waals surface area contributed by atoms with Crippen LogP contribution in [-0.2, 0) is 0 Å². The van der Waals surface area contributed by atoms with Crippen LogP contribution >= 0.6 is 11.9 Å². The highest BCUT2D eigenvalue weighted by Crippen LogP contribution is 2.35. The summed E-state index contributed by atoms with van der Waals surface area (Å²) in [6.07, 6.45) is 2.04. The van der Waals surface area contributed by atoms with E-state index in [2.05, 4.69) is 11.6 Å². The highest BCUT2D eigenvalue weighted by Gasteiger charge is 2.24. The van der Waals surface area contributed by atoms with E-state index in [9.17, 15) is 9.90 Å². The SMILES string of the molecule is CC1CCN(C(=O)c2ccc3c(NSc4ccccc4)cccc3c2O)CC1. The maximum atomic E-state index is 12.9. The van der Waals surface area contributed by atoms with Crippen LogP contribution in [0.2, 0.25) is 0 Å². The number of hydrogen-bond donors (Lipinski definition) is 2. The van der Waals surface area contributed by atoms with Gasteiger partial charge in [-0.1, -0.05) is 43.3 Å². The molecule has 5 heteroatoms. The number of nitrogens with one attached hydrogen (secondary N) is 1. The third-order valence-electron chi connectivity index (χ3n) is 5.36. The zero-order valence-corrected chi connectivity index (χ0v) is 16.7. The third-order valence-corrected chi connectivity index (χ3v) is 6.19. The maximum Gasteiger partial charge on any atom is 0.257 e. The number of benzene rings is 3. The van der Waals surface area contributed by atoms with E-state index >= 15 is 0 Å².